The van der Waals surface area contributed by atoms with Crippen LogP contribution in [0.25, 0.3) is 0 Å². The predicted octanol–water partition coefficient (Wildman–Crippen LogP) is 2.53. The van der Waals surface area contributed by atoms with E-state index in [9.17, 15) is 10.1 Å². The zero-order chi connectivity index (χ0) is 14.7. The van der Waals surface area contributed by atoms with Gasteiger partial charge in [0.05, 0.1) is 0 Å². The number of hydrogen-bond acceptors (Lipinski definition) is 4. The molecule has 0 aliphatic rings. The molecule has 6 heteroatoms. The van der Waals surface area contributed by atoms with E-state index in [1.807, 2.05) is 11.9 Å². The number of aryl methyl sites for hydroxylation is 2. The highest BCUT2D eigenvalue weighted by atomic mass is 16.6. The molecule has 2 rings (SSSR count). The largest absolute Gasteiger partial charge is 0.406 e. The fourth-order valence-corrected chi connectivity index (χ4v) is 2.21. The molecule has 0 atom stereocenters. The Morgan fingerprint density at radius 1 is 1.30 bits per heavy atom. The second-order valence-electron chi connectivity index (χ2n) is 4.79. The molecule has 0 saturated heterocycles. The summed E-state index contributed by atoms with van der Waals surface area (Å²) in [7, 11) is 3.59. The molecule has 1 heterocycles. The van der Waals surface area contributed by atoms with Crippen molar-refractivity contribution < 1.29 is 4.92 Å². The van der Waals surface area contributed by atoms with E-state index >= 15 is 0 Å². The standard InChI is InChI=1S/C14H18N4O2/c1-4-11-5-7-12(8-6-11)9-16(2)14-13(18(19)20)15-10-17(14)3/h5-8,10H,4,9H2,1-3H3. The molecule has 0 bridgehead atoms. The maximum absolute atomic E-state index is 11.0. The fourth-order valence-electron chi connectivity index (χ4n) is 2.21. The highest BCUT2D eigenvalue weighted by Crippen LogP contribution is 2.25. The quantitative estimate of drug-likeness (QED) is 0.621. The minimum atomic E-state index is -0.452. The lowest BCUT2D eigenvalue weighted by molar-refractivity contribution is -0.388. The zero-order valence-electron chi connectivity index (χ0n) is 11.9. The van der Waals surface area contributed by atoms with Gasteiger partial charge < -0.3 is 15.0 Å². The molecule has 0 spiro atoms. The molecule has 0 saturated carbocycles. The molecular formula is C14H18N4O2. The number of nitro groups is 1. The van der Waals surface area contributed by atoms with Crippen LogP contribution >= 0.6 is 0 Å². The van der Waals surface area contributed by atoms with Crippen LogP contribution in [0.5, 0.6) is 0 Å². The monoisotopic (exact) mass is 274 g/mol. The summed E-state index contributed by atoms with van der Waals surface area (Å²) in [5.74, 6) is 0.398. The van der Waals surface area contributed by atoms with Gasteiger partial charge in [0.25, 0.3) is 0 Å². The first kappa shape index (κ1) is 14.0. The summed E-state index contributed by atoms with van der Waals surface area (Å²) in [4.78, 5) is 16.2. The Bertz CT molecular complexity index is 604. The number of nitrogens with zero attached hydrogens (tertiary/aromatic N) is 4. The molecule has 1 aromatic heterocycles. The van der Waals surface area contributed by atoms with E-state index in [1.165, 1.54) is 11.9 Å². The summed E-state index contributed by atoms with van der Waals surface area (Å²) >= 11 is 0. The van der Waals surface area contributed by atoms with Gasteiger partial charge in [-0.05, 0) is 27.5 Å². The van der Waals surface area contributed by atoms with Crippen molar-refractivity contribution in [2.45, 2.75) is 19.9 Å². The van der Waals surface area contributed by atoms with E-state index in [2.05, 4.69) is 36.2 Å². The van der Waals surface area contributed by atoms with E-state index in [4.69, 9.17) is 0 Å². The normalized spacial score (nSPS) is 10.6. The van der Waals surface area contributed by atoms with E-state index < -0.39 is 4.92 Å². The van der Waals surface area contributed by atoms with Crippen LogP contribution in [0.4, 0.5) is 11.6 Å². The molecule has 0 aliphatic carbocycles. The molecule has 20 heavy (non-hydrogen) atoms. The maximum atomic E-state index is 11.0. The summed E-state index contributed by atoms with van der Waals surface area (Å²) in [5, 5.41) is 11.0. The highest BCUT2D eigenvalue weighted by Gasteiger charge is 2.23. The van der Waals surface area contributed by atoms with Crippen molar-refractivity contribution in [1.29, 1.82) is 0 Å². The third-order valence-corrected chi connectivity index (χ3v) is 3.27. The Labute approximate surface area is 117 Å². The Balaban J connectivity index is 2.21. The van der Waals surface area contributed by atoms with Crippen LogP contribution in [0.15, 0.2) is 30.6 Å². The van der Waals surface area contributed by atoms with Gasteiger partial charge in [-0.2, -0.15) is 0 Å². The van der Waals surface area contributed by atoms with Crippen molar-refractivity contribution in [2.24, 2.45) is 7.05 Å². The number of anilines is 1. The molecule has 0 aliphatic heterocycles. The molecule has 0 fully saturated rings. The van der Waals surface area contributed by atoms with Crippen molar-refractivity contribution >= 4 is 11.6 Å². The van der Waals surface area contributed by atoms with Crippen molar-refractivity contribution in [3.8, 4) is 0 Å². The Kier molecular flexibility index (Phi) is 4.02. The van der Waals surface area contributed by atoms with Crippen LogP contribution in [0.2, 0.25) is 0 Å². The Hall–Kier alpha value is -2.37. The van der Waals surface area contributed by atoms with Gasteiger partial charge in [0, 0.05) is 20.6 Å². The van der Waals surface area contributed by atoms with E-state index in [0.29, 0.717) is 12.4 Å². The number of imidazole rings is 1. The van der Waals surface area contributed by atoms with Crippen LogP contribution in [-0.4, -0.2) is 21.5 Å². The van der Waals surface area contributed by atoms with Gasteiger partial charge in [-0.15, -0.1) is 0 Å². The third-order valence-electron chi connectivity index (χ3n) is 3.27. The fraction of sp³-hybridized carbons (Fsp3) is 0.357. The van der Waals surface area contributed by atoms with Crippen molar-refractivity contribution in [1.82, 2.24) is 9.55 Å². The molecule has 0 radical (unpaired) electrons. The van der Waals surface area contributed by atoms with Crippen molar-refractivity contribution in [2.75, 3.05) is 11.9 Å². The lowest BCUT2D eigenvalue weighted by Gasteiger charge is -2.18. The van der Waals surface area contributed by atoms with Crippen LogP contribution in [0.3, 0.4) is 0 Å². The van der Waals surface area contributed by atoms with Gasteiger partial charge in [0.15, 0.2) is 0 Å². The number of benzene rings is 1. The van der Waals surface area contributed by atoms with Gasteiger partial charge in [0.1, 0.15) is 0 Å². The van der Waals surface area contributed by atoms with Crippen LogP contribution in [0, 0.1) is 10.1 Å². The van der Waals surface area contributed by atoms with Gasteiger partial charge in [-0.3, -0.25) is 4.57 Å². The number of rotatable bonds is 5. The summed E-state index contributed by atoms with van der Waals surface area (Å²) in [6, 6.07) is 8.27. The average Bonchev–Trinajstić information content (AvgIpc) is 2.81. The van der Waals surface area contributed by atoms with E-state index in [1.54, 1.807) is 11.6 Å². The number of aromatic nitrogens is 2. The predicted molar refractivity (Wildman–Crippen MR) is 77.8 cm³/mol. The summed E-state index contributed by atoms with van der Waals surface area (Å²) in [6.07, 6.45) is 2.47. The highest BCUT2D eigenvalue weighted by molar-refractivity contribution is 5.54. The van der Waals surface area contributed by atoms with Gasteiger partial charge >= 0.3 is 5.82 Å². The van der Waals surface area contributed by atoms with Crippen LogP contribution < -0.4 is 4.90 Å². The molecule has 1 aromatic carbocycles. The minimum Gasteiger partial charge on any atom is -0.358 e. The van der Waals surface area contributed by atoms with Gasteiger partial charge in [0.2, 0.25) is 12.1 Å². The summed E-state index contributed by atoms with van der Waals surface area (Å²) < 4.78 is 1.67. The van der Waals surface area contributed by atoms with E-state index in [-0.39, 0.29) is 5.82 Å². The molecule has 2 aromatic rings. The molecule has 0 unspecified atom stereocenters. The molecule has 0 N–H and O–H groups in total. The Morgan fingerprint density at radius 3 is 2.45 bits per heavy atom. The molecule has 0 amide bonds. The second-order valence-corrected chi connectivity index (χ2v) is 4.79. The zero-order valence-corrected chi connectivity index (χ0v) is 11.9. The smallest absolute Gasteiger partial charge is 0.358 e. The Morgan fingerprint density at radius 2 is 1.90 bits per heavy atom. The first-order valence-electron chi connectivity index (χ1n) is 6.47. The SMILES string of the molecule is CCc1ccc(CN(C)c2c([N+](=O)[O-])ncn2C)cc1. The lowest BCUT2D eigenvalue weighted by Crippen LogP contribution is -2.20. The minimum absolute atomic E-state index is 0.111. The van der Waals surface area contributed by atoms with Crippen molar-refractivity contribution in [3.63, 3.8) is 0 Å². The number of hydrogen-bond donors (Lipinski definition) is 0. The molecular weight excluding hydrogens is 256 g/mol. The lowest BCUT2D eigenvalue weighted by atomic mass is 10.1. The van der Waals surface area contributed by atoms with Crippen LogP contribution in [0.1, 0.15) is 18.1 Å². The first-order chi connectivity index (χ1) is 9.52. The summed E-state index contributed by atoms with van der Waals surface area (Å²) in [5.41, 5.74) is 2.39. The topological polar surface area (TPSA) is 64.2 Å². The second kappa shape index (κ2) is 5.73. The summed E-state index contributed by atoms with van der Waals surface area (Å²) in [6.45, 7) is 2.71. The van der Waals surface area contributed by atoms with Gasteiger partial charge in [-0.1, -0.05) is 31.2 Å². The van der Waals surface area contributed by atoms with Crippen molar-refractivity contribution in [3.05, 3.63) is 51.8 Å². The molecule has 6 nitrogen and oxygen atoms in total. The first-order valence-corrected chi connectivity index (χ1v) is 6.47. The average molecular weight is 274 g/mol. The molecule has 106 valence electrons. The van der Waals surface area contributed by atoms with Crippen LogP contribution in [-0.2, 0) is 20.0 Å². The van der Waals surface area contributed by atoms with Gasteiger partial charge in [-0.25, -0.2) is 0 Å². The maximum Gasteiger partial charge on any atom is 0.406 e. The van der Waals surface area contributed by atoms with E-state index in [0.717, 1.165) is 12.0 Å². The third kappa shape index (κ3) is 2.79.